The van der Waals surface area contributed by atoms with Crippen molar-refractivity contribution in [2.24, 2.45) is 0 Å². The molecule has 1 aliphatic heterocycles. The van der Waals surface area contributed by atoms with Gasteiger partial charge in [-0.15, -0.1) is 5.10 Å². The molecule has 2 N–H and O–H groups in total. The topological polar surface area (TPSA) is 107 Å². The largest absolute Gasteiger partial charge is 0.483 e. The fourth-order valence-electron chi connectivity index (χ4n) is 3.39. The summed E-state index contributed by atoms with van der Waals surface area (Å²) in [6, 6.07) is 1.59. The highest BCUT2D eigenvalue weighted by molar-refractivity contribution is 6.06. The number of halogens is 4. The van der Waals surface area contributed by atoms with E-state index >= 15 is 0 Å². The Balaban J connectivity index is 1.76. The van der Waals surface area contributed by atoms with Crippen molar-refractivity contribution in [3.8, 4) is 11.4 Å². The van der Waals surface area contributed by atoms with Crippen LogP contribution in [0.25, 0.3) is 5.69 Å². The van der Waals surface area contributed by atoms with E-state index in [2.05, 4.69) is 20.4 Å². The first-order chi connectivity index (χ1) is 15.1. The lowest BCUT2D eigenvalue weighted by molar-refractivity contribution is -0.153. The van der Waals surface area contributed by atoms with Gasteiger partial charge in [-0.2, -0.15) is 17.9 Å². The van der Waals surface area contributed by atoms with E-state index < -0.39 is 47.2 Å². The zero-order valence-corrected chi connectivity index (χ0v) is 16.8. The lowest BCUT2D eigenvalue weighted by atomic mass is 10.1. The van der Waals surface area contributed by atoms with Crippen LogP contribution in [0.4, 0.5) is 23.4 Å². The molecule has 1 aromatic carbocycles. The van der Waals surface area contributed by atoms with E-state index in [4.69, 9.17) is 4.74 Å². The molecule has 0 radical (unpaired) electrons. The van der Waals surface area contributed by atoms with Crippen molar-refractivity contribution < 1.29 is 27.1 Å². The highest BCUT2D eigenvalue weighted by atomic mass is 19.4. The summed E-state index contributed by atoms with van der Waals surface area (Å²) >= 11 is 0. The standard InChI is InChI=1S/C19H18F4N6O3/c1-10-16(25-9-24-10)26-17(30)11-6-12(20)13(7-14(11)32-8-19(21,22)23)29-18(31)28-5-3-2-4-15(28)27-29/h6-7,9H,2-5,8H2,1H3,(H,24,25)(H,26,30). The Kier molecular flexibility index (Phi) is 5.48. The Morgan fingerprint density at radius 3 is 2.75 bits per heavy atom. The Morgan fingerprint density at radius 1 is 1.31 bits per heavy atom. The van der Waals surface area contributed by atoms with Crippen molar-refractivity contribution in [3.63, 3.8) is 0 Å². The third-order valence-electron chi connectivity index (χ3n) is 4.95. The number of nitrogens with one attached hydrogen (secondary N) is 2. The smallest absolute Gasteiger partial charge is 0.422 e. The maximum atomic E-state index is 15.0. The SMILES string of the molecule is Cc1nc[nH]c1NC(=O)c1cc(F)c(-n2nc3n(c2=O)CCCC3)cc1OCC(F)(F)F. The number of carbonyl (C=O) groups excluding carboxylic acids is 1. The average Bonchev–Trinajstić information content (AvgIpc) is 3.29. The number of fused-ring (bicyclic) bond motifs is 1. The minimum absolute atomic E-state index is 0.194. The number of aromatic amines is 1. The first kappa shape index (κ1) is 21.6. The summed E-state index contributed by atoms with van der Waals surface area (Å²) in [7, 11) is 0. The highest BCUT2D eigenvalue weighted by Crippen LogP contribution is 2.28. The molecule has 1 amide bonds. The molecule has 3 heterocycles. The van der Waals surface area contributed by atoms with Gasteiger partial charge in [-0.25, -0.2) is 14.2 Å². The van der Waals surface area contributed by atoms with Crippen molar-refractivity contribution in [2.45, 2.75) is 38.9 Å². The van der Waals surface area contributed by atoms with Crippen LogP contribution >= 0.6 is 0 Å². The average molecular weight is 454 g/mol. The van der Waals surface area contributed by atoms with Gasteiger partial charge in [-0.05, 0) is 25.8 Å². The van der Waals surface area contributed by atoms with Gasteiger partial charge in [-0.3, -0.25) is 9.36 Å². The maximum Gasteiger partial charge on any atom is 0.422 e. The molecule has 4 rings (SSSR count). The third kappa shape index (κ3) is 4.22. The van der Waals surface area contributed by atoms with Gasteiger partial charge in [0, 0.05) is 19.0 Å². The number of ether oxygens (including phenoxy) is 1. The Hall–Kier alpha value is -3.64. The van der Waals surface area contributed by atoms with E-state index in [0.29, 0.717) is 30.6 Å². The number of rotatable bonds is 5. The number of hydrogen-bond acceptors (Lipinski definition) is 5. The van der Waals surface area contributed by atoms with E-state index in [1.54, 1.807) is 6.92 Å². The minimum Gasteiger partial charge on any atom is -0.483 e. The molecule has 0 atom stereocenters. The van der Waals surface area contributed by atoms with Crippen molar-refractivity contribution >= 4 is 11.7 Å². The fourth-order valence-corrected chi connectivity index (χ4v) is 3.39. The zero-order valence-electron chi connectivity index (χ0n) is 16.8. The number of amides is 1. The molecule has 2 aromatic heterocycles. The Morgan fingerprint density at radius 2 is 2.09 bits per heavy atom. The van der Waals surface area contributed by atoms with Gasteiger partial charge in [0.2, 0.25) is 0 Å². The summed E-state index contributed by atoms with van der Waals surface area (Å²) in [5, 5.41) is 6.52. The van der Waals surface area contributed by atoms with E-state index in [1.165, 1.54) is 10.9 Å². The van der Waals surface area contributed by atoms with E-state index in [0.717, 1.165) is 23.6 Å². The number of hydrogen-bond donors (Lipinski definition) is 2. The van der Waals surface area contributed by atoms with Gasteiger partial charge in [-0.1, -0.05) is 0 Å². The summed E-state index contributed by atoms with van der Waals surface area (Å²) in [4.78, 5) is 31.9. The summed E-state index contributed by atoms with van der Waals surface area (Å²) < 4.78 is 60.2. The van der Waals surface area contributed by atoms with Crippen LogP contribution in [-0.2, 0) is 13.0 Å². The number of aromatic nitrogens is 5. The lowest BCUT2D eigenvalue weighted by Gasteiger charge is -2.15. The van der Waals surface area contributed by atoms with Crippen molar-refractivity contribution in [1.82, 2.24) is 24.3 Å². The van der Waals surface area contributed by atoms with Crippen LogP contribution in [0.15, 0.2) is 23.3 Å². The van der Waals surface area contributed by atoms with Crippen molar-refractivity contribution in [2.75, 3.05) is 11.9 Å². The van der Waals surface area contributed by atoms with Crippen LogP contribution in [0, 0.1) is 12.7 Å². The summed E-state index contributed by atoms with van der Waals surface area (Å²) in [6.07, 6.45) is -1.31. The monoisotopic (exact) mass is 454 g/mol. The van der Waals surface area contributed by atoms with Gasteiger partial charge in [0.15, 0.2) is 6.61 Å². The molecular formula is C19H18F4N6O3. The summed E-state index contributed by atoms with van der Waals surface area (Å²) in [6.45, 7) is 0.289. The summed E-state index contributed by atoms with van der Waals surface area (Å²) in [5.74, 6) is -1.84. The minimum atomic E-state index is -4.70. The fraction of sp³-hybridized carbons (Fsp3) is 0.368. The van der Waals surface area contributed by atoms with E-state index in [-0.39, 0.29) is 5.82 Å². The van der Waals surface area contributed by atoms with Crippen molar-refractivity contribution in [1.29, 1.82) is 0 Å². The van der Waals surface area contributed by atoms with Gasteiger partial charge in [0.05, 0.1) is 17.6 Å². The quantitative estimate of drug-likeness (QED) is 0.577. The predicted molar refractivity (Wildman–Crippen MR) is 104 cm³/mol. The highest BCUT2D eigenvalue weighted by Gasteiger charge is 2.30. The molecule has 0 fully saturated rings. The van der Waals surface area contributed by atoms with Gasteiger partial charge in [0.25, 0.3) is 5.91 Å². The first-order valence-corrected chi connectivity index (χ1v) is 9.67. The predicted octanol–water partition coefficient (Wildman–Crippen LogP) is 2.73. The van der Waals surface area contributed by atoms with Gasteiger partial charge < -0.3 is 15.0 Å². The molecule has 0 saturated heterocycles. The number of benzene rings is 1. The number of alkyl halides is 3. The molecule has 1 aliphatic rings. The molecule has 3 aromatic rings. The molecular weight excluding hydrogens is 436 g/mol. The Bertz CT molecular complexity index is 1230. The first-order valence-electron chi connectivity index (χ1n) is 9.67. The Labute approximate surface area is 178 Å². The number of carbonyl (C=O) groups is 1. The normalized spacial score (nSPS) is 13.7. The van der Waals surface area contributed by atoms with Crippen LogP contribution in [0.3, 0.4) is 0 Å². The third-order valence-corrected chi connectivity index (χ3v) is 4.95. The van der Waals surface area contributed by atoms with Gasteiger partial charge in [0.1, 0.15) is 28.9 Å². The van der Waals surface area contributed by atoms with Crippen molar-refractivity contribution in [3.05, 3.63) is 51.8 Å². The van der Waals surface area contributed by atoms with Crippen LogP contribution < -0.4 is 15.7 Å². The lowest BCUT2D eigenvalue weighted by Crippen LogP contribution is -2.27. The van der Waals surface area contributed by atoms with Crippen LogP contribution in [0.2, 0.25) is 0 Å². The second-order valence-electron chi connectivity index (χ2n) is 7.24. The molecule has 0 saturated carbocycles. The van der Waals surface area contributed by atoms with Gasteiger partial charge >= 0.3 is 11.9 Å². The molecule has 9 nitrogen and oxygen atoms in total. The number of aryl methyl sites for hydroxylation is 2. The van der Waals surface area contributed by atoms with Crippen LogP contribution in [0.1, 0.15) is 34.7 Å². The number of H-pyrrole nitrogens is 1. The zero-order chi connectivity index (χ0) is 23.0. The molecule has 0 spiro atoms. The maximum absolute atomic E-state index is 15.0. The molecule has 0 unspecified atom stereocenters. The number of imidazole rings is 1. The van der Waals surface area contributed by atoms with E-state index in [9.17, 15) is 27.2 Å². The molecule has 0 bridgehead atoms. The van der Waals surface area contributed by atoms with E-state index in [1.807, 2.05) is 0 Å². The molecule has 170 valence electrons. The molecule has 32 heavy (non-hydrogen) atoms. The molecule has 13 heteroatoms. The van der Waals surface area contributed by atoms with Crippen LogP contribution in [0.5, 0.6) is 5.75 Å². The number of anilines is 1. The second kappa shape index (κ2) is 8.13. The second-order valence-corrected chi connectivity index (χ2v) is 7.24. The molecule has 0 aliphatic carbocycles. The summed E-state index contributed by atoms with van der Waals surface area (Å²) in [5.41, 5.74) is -1.10. The van der Waals surface area contributed by atoms with Crippen LogP contribution in [-0.4, -0.2) is 43.0 Å². The number of nitrogens with zero attached hydrogens (tertiary/aromatic N) is 4.